The summed E-state index contributed by atoms with van der Waals surface area (Å²) in [4.78, 5) is 14.3. The number of cyclic esters (lactones) is 1. The van der Waals surface area contributed by atoms with Gasteiger partial charge in [-0.05, 0) is 23.2 Å². The normalized spacial score (nSPS) is 23.0. The Morgan fingerprint density at radius 3 is 2.82 bits per heavy atom. The lowest BCUT2D eigenvalue weighted by Gasteiger charge is -2.05. The van der Waals surface area contributed by atoms with Crippen LogP contribution in [0.1, 0.15) is 17.9 Å². The van der Waals surface area contributed by atoms with E-state index in [4.69, 9.17) is 10.3 Å². The van der Waals surface area contributed by atoms with Crippen LogP contribution in [0.3, 0.4) is 0 Å². The van der Waals surface area contributed by atoms with Crippen LogP contribution >= 0.6 is 15.9 Å². The van der Waals surface area contributed by atoms with Gasteiger partial charge in [0.15, 0.2) is 0 Å². The molecule has 0 bridgehead atoms. The summed E-state index contributed by atoms with van der Waals surface area (Å²) in [5.74, 6) is -0.493. The summed E-state index contributed by atoms with van der Waals surface area (Å²) in [6.45, 7) is 0.204. The molecule has 2 rings (SSSR count). The molecule has 6 heteroatoms. The highest BCUT2D eigenvalue weighted by molar-refractivity contribution is 9.10. The molecule has 5 nitrogen and oxygen atoms in total. The van der Waals surface area contributed by atoms with Crippen molar-refractivity contribution in [2.75, 3.05) is 6.54 Å². The van der Waals surface area contributed by atoms with Gasteiger partial charge in [-0.3, -0.25) is 4.79 Å². The number of halogens is 1. The van der Waals surface area contributed by atoms with Crippen molar-refractivity contribution >= 4 is 21.9 Å². The van der Waals surface area contributed by atoms with Gasteiger partial charge < -0.3 is 4.74 Å². The first kappa shape index (κ1) is 12.0. The molecule has 1 fully saturated rings. The number of rotatable bonds is 3. The quantitative estimate of drug-likeness (QED) is 0.372. The summed E-state index contributed by atoms with van der Waals surface area (Å²) >= 11 is 3.34. The Morgan fingerprint density at radius 2 is 2.18 bits per heavy atom. The van der Waals surface area contributed by atoms with E-state index in [1.807, 2.05) is 24.3 Å². The van der Waals surface area contributed by atoms with Gasteiger partial charge >= 0.3 is 5.97 Å². The van der Waals surface area contributed by atoms with Gasteiger partial charge in [-0.1, -0.05) is 33.2 Å². The maximum atomic E-state index is 11.7. The summed E-state index contributed by atoms with van der Waals surface area (Å²) in [6, 6.07) is 7.57. The number of esters is 1. The van der Waals surface area contributed by atoms with Crippen LogP contribution in [0, 0.1) is 0 Å². The predicted octanol–water partition coefficient (Wildman–Crippen LogP) is 3.16. The topological polar surface area (TPSA) is 75.1 Å². The van der Waals surface area contributed by atoms with E-state index in [1.165, 1.54) is 0 Å². The molecular weight excluding hydrogens is 286 g/mol. The Hall–Kier alpha value is -1.52. The Balaban J connectivity index is 2.10. The van der Waals surface area contributed by atoms with Crippen molar-refractivity contribution in [1.29, 1.82) is 0 Å². The van der Waals surface area contributed by atoms with Gasteiger partial charge in [-0.25, -0.2) is 0 Å². The van der Waals surface area contributed by atoms with E-state index in [9.17, 15) is 4.79 Å². The third-order valence-corrected chi connectivity index (χ3v) is 3.22. The lowest BCUT2D eigenvalue weighted by atomic mass is 9.96. The van der Waals surface area contributed by atoms with Crippen LogP contribution in [0.2, 0.25) is 0 Å². The number of nitrogens with zero attached hydrogens (tertiary/aromatic N) is 3. The molecular formula is C11H10BrN3O2. The van der Waals surface area contributed by atoms with Gasteiger partial charge in [-0.15, -0.1) is 0 Å². The number of hydrogen-bond donors (Lipinski definition) is 0. The fraction of sp³-hybridized carbons (Fsp3) is 0.364. The second-order valence-electron chi connectivity index (χ2n) is 3.81. The molecule has 1 heterocycles. The summed E-state index contributed by atoms with van der Waals surface area (Å²) in [6.07, 6.45) is 0.270. The van der Waals surface area contributed by atoms with E-state index >= 15 is 0 Å². The molecule has 1 aliphatic heterocycles. The SMILES string of the molecule is [N-]=[N+]=NCC1CC(c2ccc(Br)cc2)C(=O)O1. The average molecular weight is 296 g/mol. The zero-order valence-electron chi connectivity index (χ0n) is 8.91. The lowest BCUT2D eigenvalue weighted by Crippen LogP contribution is -2.09. The first-order valence-corrected chi connectivity index (χ1v) is 5.97. The Labute approximate surface area is 107 Å². The van der Waals surface area contributed by atoms with E-state index in [0.717, 1.165) is 10.0 Å². The molecule has 0 N–H and O–H groups in total. The van der Waals surface area contributed by atoms with Gasteiger partial charge in [0.05, 0.1) is 12.5 Å². The molecule has 1 aromatic rings. The van der Waals surface area contributed by atoms with Crippen molar-refractivity contribution in [2.24, 2.45) is 5.11 Å². The Bertz CT molecular complexity index is 468. The molecule has 0 saturated carbocycles. The zero-order chi connectivity index (χ0) is 12.3. The van der Waals surface area contributed by atoms with Crippen LogP contribution in [0.4, 0.5) is 0 Å². The number of carbonyl (C=O) groups is 1. The van der Waals surface area contributed by atoms with E-state index in [1.54, 1.807) is 0 Å². The standard InChI is InChI=1S/C11H10BrN3O2/c12-8-3-1-7(2-4-8)10-5-9(6-14-15-13)17-11(10)16/h1-4,9-10H,5-6H2. The molecule has 2 unspecified atom stereocenters. The summed E-state index contributed by atoms with van der Waals surface area (Å²) in [5.41, 5.74) is 9.15. The third kappa shape index (κ3) is 2.78. The van der Waals surface area contributed by atoms with Crippen LogP contribution in [0.25, 0.3) is 10.4 Å². The van der Waals surface area contributed by atoms with Crippen molar-refractivity contribution < 1.29 is 9.53 Å². The molecule has 0 amide bonds. The molecule has 0 aromatic heterocycles. The maximum absolute atomic E-state index is 11.7. The molecule has 1 aliphatic rings. The average Bonchev–Trinajstić information content (AvgIpc) is 2.69. The van der Waals surface area contributed by atoms with Crippen molar-refractivity contribution in [3.8, 4) is 0 Å². The van der Waals surface area contributed by atoms with Crippen LogP contribution in [0.15, 0.2) is 33.9 Å². The van der Waals surface area contributed by atoms with E-state index in [0.29, 0.717) is 6.42 Å². The highest BCUT2D eigenvalue weighted by atomic mass is 79.9. The molecule has 17 heavy (non-hydrogen) atoms. The number of azide groups is 1. The molecule has 0 spiro atoms. The van der Waals surface area contributed by atoms with E-state index in [-0.39, 0.29) is 24.5 Å². The molecule has 0 radical (unpaired) electrons. The van der Waals surface area contributed by atoms with Crippen LogP contribution in [-0.2, 0) is 9.53 Å². The Morgan fingerprint density at radius 1 is 1.47 bits per heavy atom. The highest BCUT2D eigenvalue weighted by Gasteiger charge is 2.34. The van der Waals surface area contributed by atoms with Crippen molar-refractivity contribution in [3.05, 3.63) is 44.7 Å². The van der Waals surface area contributed by atoms with Gasteiger partial charge in [0.2, 0.25) is 0 Å². The van der Waals surface area contributed by atoms with Gasteiger partial charge in [-0.2, -0.15) is 0 Å². The number of benzene rings is 1. The molecule has 1 saturated heterocycles. The van der Waals surface area contributed by atoms with E-state index < -0.39 is 0 Å². The minimum atomic E-state index is -0.299. The number of ether oxygens (including phenoxy) is 1. The zero-order valence-corrected chi connectivity index (χ0v) is 10.5. The van der Waals surface area contributed by atoms with Gasteiger partial charge in [0, 0.05) is 15.8 Å². The smallest absolute Gasteiger partial charge is 0.313 e. The first-order valence-electron chi connectivity index (χ1n) is 5.17. The molecule has 2 atom stereocenters. The molecule has 88 valence electrons. The predicted molar refractivity (Wildman–Crippen MR) is 65.4 cm³/mol. The van der Waals surface area contributed by atoms with Crippen molar-refractivity contribution in [2.45, 2.75) is 18.4 Å². The van der Waals surface area contributed by atoms with Crippen molar-refractivity contribution in [3.63, 3.8) is 0 Å². The van der Waals surface area contributed by atoms with E-state index in [2.05, 4.69) is 26.0 Å². The Kier molecular flexibility index (Phi) is 3.66. The fourth-order valence-corrected chi connectivity index (χ4v) is 2.12. The van der Waals surface area contributed by atoms with Gasteiger partial charge in [0.1, 0.15) is 6.10 Å². The minimum absolute atomic E-state index is 0.204. The fourth-order valence-electron chi connectivity index (χ4n) is 1.86. The second kappa shape index (κ2) is 5.21. The monoisotopic (exact) mass is 295 g/mol. The summed E-state index contributed by atoms with van der Waals surface area (Å²) < 4.78 is 6.12. The second-order valence-corrected chi connectivity index (χ2v) is 4.73. The van der Waals surface area contributed by atoms with Crippen LogP contribution in [-0.4, -0.2) is 18.6 Å². The third-order valence-electron chi connectivity index (χ3n) is 2.69. The lowest BCUT2D eigenvalue weighted by molar-refractivity contribution is -0.142. The largest absolute Gasteiger partial charge is 0.462 e. The summed E-state index contributed by atoms with van der Waals surface area (Å²) in [7, 11) is 0. The summed E-state index contributed by atoms with van der Waals surface area (Å²) in [5, 5.41) is 3.43. The first-order chi connectivity index (χ1) is 8.20. The minimum Gasteiger partial charge on any atom is -0.462 e. The van der Waals surface area contributed by atoms with Crippen LogP contribution < -0.4 is 0 Å². The highest BCUT2D eigenvalue weighted by Crippen LogP contribution is 2.31. The number of hydrogen-bond acceptors (Lipinski definition) is 3. The van der Waals surface area contributed by atoms with Crippen LogP contribution in [0.5, 0.6) is 0 Å². The molecule has 1 aromatic carbocycles. The van der Waals surface area contributed by atoms with Gasteiger partial charge in [0.25, 0.3) is 0 Å². The number of carbonyl (C=O) groups excluding carboxylic acids is 1. The van der Waals surface area contributed by atoms with Crippen molar-refractivity contribution in [1.82, 2.24) is 0 Å². The maximum Gasteiger partial charge on any atom is 0.313 e. The molecule has 0 aliphatic carbocycles.